The number of halogens is 1. The third-order valence-corrected chi connectivity index (χ3v) is 4.66. The SMILES string of the molecule is C[C@H](NC(=O)C1COC(=O)[C@H](Cc2ccc(Cl)cc2)N1)c1ccccc1. The maximum atomic E-state index is 12.5. The van der Waals surface area contributed by atoms with Gasteiger partial charge in [-0.2, -0.15) is 0 Å². The molecular formula is C20H21ClN2O3. The Morgan fingerprint density at radius 2 is 1.92 bits per heavy atom. The number of carbonyl (C=O) groups is 2. The Bertz CT molecular complexity index is 764. The molecule has 1 aliphatic heterocycles. The zero-order valence-corrected chi connectivity index (χ0v) is 15.2. The summed E-state index contributed by atoms with van der Waals surface area (Å²) in [6, 6.07) is 15.7. The van der Waals surface area contributed by atoms with E-state index < -0.39 is 12.1 Å². The van der Waals surface area contributed by atoms with Crippen molar-refractivity contribution in [2.24, 2.45) is 0 Å². The van der Waals surface area contributed by atoms with Gasteiger partial charge >= 0.3 is 5.97 Å². The Kier molecular flexibility index (Phi) is 5.91. The number of amides is 1. The van der Waals surface area contributed by atoms with Crippen molar-refractivity contribution in [3.8, 4) is 0 Å². The van der Waals surface area contributed by atoms with Crippen LogP contribution in [0.1, 0.15) is 24.1 Å². The van der Waals surface area contributed by atoms with Crippen molar-refractivity contribution in [1.29, 1.82) is 0 Å². The van der Waals surface area contributed by atoms with E-state index in [0.29, 0.717) is 11.4 Å². The lowest BCUT2D eigenvalue weighted by molar-refractivity contribution is -0.153. The predicted molar refractivity (Wildman–Crippen MR) is 99.8 cm³/mol. The van der Waals surface area contributed by atoms with Gasteiger partial charge < -0.3 is 10.1 Å². The van der Waals surface area contributed by atoms with Gasteiger partial charge in [0.2, 0.25) is 5.91 Å². The summed E-state index contributed by atoms with van der Waals surface area (Å²) in [6.07, 6.45) is 0.439. The molecule has 0 radical (unpaired) electrons. The highest BCUT2D eigenvalue weighted by Gasteiger charge is 2.34. The van der Waals surface area contributed by atoms with E-state index in [9.17, 15) is 9.59 Å². The summed E-state index contributed by atoms with van der Waals surface area (Å²) in [5.41, 5.74) is 1.97. The summed E-state index contributed by atoms with van der Waals surface area (Å²) in [5.74, 6) is -0.532. The van der Waals surface area contributed by atoms with Crippen molar-refractivity contribution in [2.45, 2.75) is 31.5 Å². The minimum Gasteiger partial charge on any atom is -0.462 e. The second-order valence-electron chi connectivity index (χ2n) is 6.37. The molecule has 2 aromatic carbocycles. The molecule has 1 aliphatic rings. The highest BCUT2D eigenvalue weighted by Crippen LogP contribution is 2.15. The quantitative estimate of drug-likeness (QED) is 0.792. The molecule has 2 aromatic rings. The molecule has 5 nitrogen and oxygen atoms in total. The predicted octanol–water partition coefficient (Wildman–Crippen LogP) is 2.64. The number of hydrogen-bond donors (Lipinski definition) is 2. The molecule has 6 heteroatoms. The molecule has 0 spiro atoms. The molecule has 2 N–H and O–H groups in total. The maximum Gasteiger partial charge on any atom is 0.323 e. The molecule has 0 aliphatic carbocycles. The van der Waals surface area contributed by atoms with Crippen LogP contribution in [-0.4, -0.2) is 30.6 Å². The number of rotatable bonds is 5. The molecule has 0 aromatic heterocycles. The van der Waals surface area contributed by atoms with Crippen LogP contribution in [0.4, 0.5) is 0 Å². The second kappa shape index (κ2) is 8.34. The Balaban J connectivity index is 1.60. The number of hydrogen-bond acceptors (Lipinski definition) is 4. The largest absolute Gasteiger partial charge is 0.462 e. The van der Waals surface area contributed by atoms with Gasteiger partial charge in [0.1, 0.15) is 18.7 Å². The van der Waals surface area contributed by atoms with Gasteiger partial charge in [0.15, 0.2) is 0 Å². The third kappa shape index (κ3) is 4.62. The standard InChI is InChI=1S/C20H21ClN2O3/c1-13(15-5-3-2-4-6-15)22-19(24)18-12-26-20(25)17(23-18)11-14-7-9-16(21)10-8-14/h2-10,13,17-18,23H,11-12H2,1H3,(H,22,24)/t13-,17-,18?/m0/s1. The van der Waals surface area contributed by atoms with Gasteiger partial charge in [-0.05, 0) is 36.6 Å². The summed E-state index contributed by atoms with van der Waals surface area (Å²) in [4.78, 5) is 24.6. The van der Waals surface area contributed by atoms with E-state index in [2.05, 4.69) is 10.6 Å². The lowest BCUT2D eigenvalue weighted by Crippen LogP contribution is -2.58. The molecule has 1 saturated heterocycles. The summed E-state index contributed by atoms with van der Waals surface area (Å²) in [5, 5.41) is 6.70. The smallest absolute Gasteiger partial charge is 0.323 e. The molecule has 0 bridgehead atoms. The summed E-state index contributed by atoms with van der Waals surface area (Å²) < 4.78 is 5.22. The van der Waals surface area contributed by atoms with E-state index in [1.807, 2.05) is 49.4 Å². The van der Waals surface area contributed by atoms with Gasteiger partial charge in [-0.1, -0.05) is 54.1 Å². The lowest BCUT2D eigenvalue weighted by atomic mass is 10.0. The first kappa shape index (κ1) is 18.4. The van der Waals surface area contributed by atoms with Crippen LogP contribution in [0.15, 0.2) is 54.6 Å². The highest BCUT2D eigenvalue weighted by atomic mass is 35.5. The molecule has 1 unspecified atom stereocenters. The van der Waals surface area contributed by atoms with Gasteiger partial charge in [-0.3, -0.25) is 14.9 Å². The van der Waals surface area contributed by atoms with Crippen LogP contribution in [0.3, 0.4) is 0 Å². The van der Waals surface area contributed by atoms with Crippen molar-refractivity contribution >= 4 is 23.5 Å². The fraction of sp³-hybridized carbons (Fsp3) is 0.300. The van der Waals surface area contributed by atoms with Crippen LogP contribution in [-0.2, 0) is 20.7 Å². The van der Waals surface area contributed by atoms with Gasteiger partial charge in [-0.15, -0.1) is 0 Å². The zero-order valence-electron chi connectivity index (χ0n) is 14.4. The number of ether oxygens (including phenoxy) is 1. The molecule has 136 valence electrons. The van der Waals surface area contributed by atoms with E-state index in [4.69, 9.17) is 16.3 Å². The monoisotopic (exact) mass is 372 g/mol. The first-order valence-electron chi connectivity index (χ1n) is 8.55. The number of morpholine rings is 1. The lowest BCUT2D eigenvalue weighted by Gasteiger charge is -2.30. The fourth-order valence-corrected chi connectivity index (χ4v) is 3.04. The number of cyclic esters (lactones) is 1. The highest BCUT2D eigenvalue weighted by molar-refractivity contribution is 6.30. The Morgan fingerprint density at radius 1 is 1.23 bits per heavy atom. The molecule has 3 rings (SSSR count). The third-order valence-electron chi connectivity index (χ3n) is 4.41. The Morgan fingerprint density at radius 3 is 2.62 bits per heavy atom. The Hall–Kier alpha value is -2.37. The van der Waals surface area contributed by atoms with Gasteiger partial charge in [-0.25, -0.2) is 0 Å². The normalized spacial score (nSPS) is 20.9. The van der Waals surface area contributed by atoms with Gasteiger partial charge in [0.05, 0.1) is 6.04 Å². The minimum atomic E-state index is -0.573. The van der Waals surface area contributed by atoms with Crippen molar-refractivity contribution in [2.75, 3.05) is 6.61 Å². The molecule has 1 heterocycles. The number of esters is 1. The molecule has 1 fully saturated rings. The van der Waals surface area contributed by atoms with Crippen LogP contribution in [0, 0.1) is 0 Å². The van der Waals surface area contributed by atoms with E-state index in [1.54, 1.807) is 12.1 Å². The topological polar surface area (TPSA) is 67.4 Å². The van der Waals surface area contributed by atoms with Crippen molar-refractivity contribution < 1.29 is 14.3 Å². The van der Waals surface area contributed by atoms with Gasteiger partial charge in [0, 0.05) is 5.02 Å². The van der Waals surface area contributed by atoms with Crippen LogP contribution < -0.4 is 10.6 Å². The van der Waals surface area contributed by atoms with Gasteiger partial charge in [0.25, 0.3) is 0 Å². The first-order valence-corrected chi connectivity index (χ1v) is 8.93. The van der Waals surface area contributed by atoms with Crippen LogP contribution in [0.5, 0.6) is 0 Å². The average Bonchev–Trinajstić information content (AvgIpc) is 2.66. The number of benzene rings is 2. The zero-order chi connectivity index (χ0) is 18.5. The van der Waals surface area contributed by atoms with Crippen molar-refractivity contribution in [1.82, 2.24) is 10.6 Å². The van der Waals surface area contributed by atoms with Crippen LogP contribution in [0.25, 0.3) is 0 Å². The van der Waals surface area contributed by atoms with E-state index in [-0.39, 0.29) is 24.5 Å². The minimum absolute atomic E-state index is 0.0310. The molecular weight excluding hydrogens is 352 g/mol. The Labute approximate surface area is 157 Å². The second-order valence-corrected chi connectivity index (χ2v) is 6.81. The summed E-state index contributed by atoms with van der Waals surface area (Å²) >= 11 is 5.89. The number of carbonyl (C=O) groups excluding carboxylic acids is 2. The molecule has 0 saturated carbocycles. The van der Waals surface area contributed by atoms with E-state index >= 15 is 0 Å². The summed E-state index contributed by atoms with van der Waals surface area (Å²) in [7, 11) is 0. The van der Waals surface area contributed by atoms with Crippen molar-refractivity contribution in [3.63, 3.8) is 0 Å². The summed E-state index contributed by atoms with van der Waals surface area (Å²) in [6.45, 7) is 1.95. The maximum absolute atomic E-state index is 12.5. The molecule has 26 heavy (non-hydrogen) atoms. The van der Waals surface area contributed by atoms with E-state index in [0.717, 1.165) is 11.1 Å². The van der Waals surface area contributed by atoms with Crippen molar-refractivity contribution in [3.05, 3.63) is 70.7 Å². The molecule has 1 amide bonds. The fourth-order valence-electron chi connectivity index (χ4n) is 2.91. The first-order chi connectivity index (χ1) is 12.5. The van der Waals surface area contributed by atoms with Crippen LogP contribution >= 0.6 is 11.6 Å². The van der Waals surface area contributed by atoms with E-state index in [1.165, 1.54) is 0 Å². The number of nitrogens with one attached hydrogen (secondary N) is 2. The molecule has 3 atom stereocenters. The van der Waals surface area contributed by atoms with Crippen LogP contribution in [0.2, 0.25) is 5.02 Å². The average molecular weight is 373 g/mol.